The van der Waals surface area contributed by atoms with Crippen molar-refractivity contribution in [2.45, 2.75) is 20.3 Å². The zero-order chi connectivity index (χ0) is 9.56. The van der Waals surface area contributed by atoms with Crippen LogP contribution < -0.4 is 0 Å². The molecule has 0 unspecified atom stereocenters. The Hall–Kier alpha value is -1.12. The van der Waals surface area contributed by atoms with Crippen molar-refractivity contribution in [3.05, 3.63) is 12.2 Å². The maximum absolute atomic E-state index is 11.0. The second kappa shape index (κ2) is 5.52. The van der Waals surface area contributed by atoms with Crippen LogP contribution in [0, 0.1) is 5.92 Å². The van der Waals surface area contributed by atoms with Crippen LogP contribution in [0.2, 0.25) is 0 Å². The number of carbonyl (C=O) groups is 2. The summed E-state index contributed by atoms with van der Waals surface area (Å²) in [6, 6.07) is 0. The van der Waals surface area contributed by atoms with E-state index in [1.807, 2.05) is 13.8 Å². The average Bonchev–Trinajstić information content (AvgIpc) is 1.99. The summed E-state index contributed by atoms with van der Waals surface area (Å²) in [5, 5.41) is 0. The van der Waals surface area contributed by atoms with Crippen LogP contribution in [0.5, 0.6) is 0 Å². The fraction of sp³-hybridized carbons (Fsp3) is 0.556. The molecule has 0 atom stereocenters. The number of ketones is 1. The third-order valence-corrected chi connectivity index (χ3v) is 1.22. The van der Waals surface area contributed by atoms with Gasteiger partial charge in [0.05, 0.1) is 7.11 Å². The first kappa shape index (κ1) is 10.9. The lowest BCUT2D eigenvalue weighted by Crippen LogP contribution is -2.01. The molecule has 0 N–H and O–H groups in total. The van der Waals surface area contributed by atoms with Gasteiger partial charge in [-0.25, -0.2) is 4.79 Å². The molecule has 0 aromatic carbocycles. The van der Waals surface area contributed by atoms with Crippen molar-refractivity contribution in [2.75, 3.05) is 7.11 Å². The largest absolute Gasteiger partial charge is 0.466 e. The van der Waals surface area contributed by atoms with Gasteiger partial charge in [0.15, 0.2) is 5.78 Å². The van der Waals surface area contributed by atoms with Crippen LogP contribution in [0.25, 0.3) is 0 Å². The molecule has 0 rings (SSSR count). The summed E-state index contributed by atoms with van der Waals surface area (Å²) in [6.45, 7) is 3.90. The van der Waals surface area contributed by atoms with Gasteiger partial charge in [0, 0.05) is 12.5 Å². The van der Waals surface area contributed by atoms with Gasteiger partial charge in [-0.1, -0.05) is 13.8 Å². The monoisotopic (exact) mass is 170 g/mol. The molecule has 3 nitrogen and oxygen atoms in total. The Morgan fingerprint density at radius 3 is 2.33 bits per heavy atom. The molecule has 0 amide bonds. The molecular formula is C9H14O3. The molecule has 12 heavy (non-hydrogen) atoms. The first-order chi connectivity index (χ1) is 5.56. The highest BCUT2D eigenvalue weighted by molar-refractivity contribution is 5.95. The van der Waals surface area contributed by atoms with Crippen molar-refractivity contribution in [1.29, 1.82) is 0 Å². The third-order valence-electron chi connectivity index (χ3n) is 1.22. The smallest absolute Gasteiger partial charge is 0.330 e. The van der Waals surface area contributed by atoms with Crippen molar-refractivity contribution in [3.8, 4) is 0 Å². The number of hydrogen-bond acceptors (Lipinski definition) is 3. The van der Waals surface area contributed by atoms with Gasteiger partial charge in [0.25, 0.3) is 0 Å². The van der Waals surface area contributed by atoms with Gasteiger partial charge in [0.1, 0.15) is 0 Å². The summed E-state index contributed by atoms with van der Waals surface area (Å²) in [4.78, 5) is 21.5. The Morgan fingerprint density at radius 2 is 1.92 bits per heavy atom. The van der Waals surface area contributed by atoms with Crippen LogP contribution >= 0.6 is 0 Å². The van der Waals surface area contributed by atoms with Crippen LogP contribution in [0.4, 0.5) is 0 Å². The minimum absolute atomic E-state index is 0.0459. The van der Waals surface area contributed by atoms with Gasteiger partial charge < -0.3 is 4.74 Å². The van der Waals surface area contributed by atoms with Crippen LogP contribution in [-0.2, 0) is 14.3 Å². The normalized spacial score (nSPS) is 10.7. The van der Waals surface area contributed by atoms with Gasteiger partial charge >= 0.3 is 5.97 Å². The van der Waals surface area contributed by atoms with E-state index in [9.17, 15) is 9.59 Å². The highest BCUT2D eigenvalue weighted by Crippen LogP contribution is 2.00. The number of methoxy groups -OCH3 is 1. The SMILES string of the molecule is COC(=O)/C=C/C(=O)CC(C)C. The summed E-state index contributed by atoms with van der Waals surface area (Å²) >= 11 is 0. The number of allylic oxidation sites excluding steroid dienone is 1. The summed E-state index contributed by atoms with van der Waals surface area (Å²) < 4.78 is 4.33. The van der Waals surface area contributed by atoms with Crippen LogP contribution in [0.3, 0.4) is 0 Å². The number of esters is 1. The summed E-state index contributed by atoms with van der Waals surface area (Å²) in [5.41, 5.74) is 0. The Balaban J connectivity index is 3.83. The highest BCUT2D eigenvalue weighted by Gasteiger charge is 2.01. The molecule has 0 aliphatic carbocycles. The Morgan fingerprint density at radius 1 is 1.33 bits per heavy atom. The Bertz CT molecular complexity index is 192. The molecule has 0 spiro atoms. The third kappa shape index (κ3) is 5.65. The summed E-state index contributed by atoms with van der Waals surface area (Å²) in [7, 11) is 1.28. The maximum atomic E-state index is 11.0. The summed E-state index contributed by atoms with van der Waals surface area (Å²) in [5.74, 6) is -0.220. The lowest BCUT2D eigenvalue weighted by Gasteiger charge is -1.97. The lowest BCUT2D eigenvalue weighted by atomic mass is 10.1. The van der Waals surface area contributed by atoms with E-state index in [0.29, 0.717) is 12.3 Å². The quantitative estimate of drug-likeness (QED) is 0.472. The van der Waals surface area contributed by atoms with Crippen LogP contribution in [0.1, 0.15) is 20.3 Å². The van der Waals surface area contributed by atoms with E-state index in [0.717, 1.165) is 6.08 Å². The molecule has 0 radical (unpaired) electrons. The van der Waals surface area contributed by atoms with Crippen LogP contribution in [-0.4, -0.2) is 18.9 Å². The van der Waals surface area contributed by atoms with E-state index in [-0.39, 0.29) is 5.78 Å². The van der Waals surface area contributed by atoms with E-state index in [2.05, 4.69) is 4.74 Å². The highest BCUT2D eigenvalue weighted by atomic mass is 16.5. The molecule has 0 saturated heterocycles. The van der Waals surface area contributed by atoms with Gasteiger partial charge in [-0.05, 0) is 12.0 Å². The molecule has 0 aliphatic heterocycles. The lowest BCUT2D eigenvalue weighted by molar-refractivity contribution is -0.135. The van der Waals surface area contributed by atoms with E-state index in [1.54, 1.807) is 0 Å². The van der Waals surface area contributed by atoms with Gasteiger partial charge in [-0.3, -0.25) is 4.79 Å². The number of ether oxygens (including phenoxy) is 1. The minimum Gasteiger partial charge on any atom is -0.466 e. The number of carbonyl (C=O) groups excluding carboxylic acids is 2. The van der Waals surface area contributed by atoms with E-state index < -0.39 is 5.97 Å². The standard InChI is InChI=1S/C9H14O3/c1-7(2)6-8(10)4-5-9(11)12-3/h4-5,7H,6H2,1-3H3/b5-4+. The van der Waals surface area contributed by atoms with E-state index in [4.69, 9.17) is 0 Å². The molecule has 0 fully saturated rings. The molecule has 0 saturated carbocycles. The first-order valence-electron chi connectivity index (χ1n) is 3.85. The molecule has 0 bridgehead atoms. The zero-order valence-electron chi connectivity index (χ0n) is 7.66. The van der Waals surface area contributed by atoms with Crippen molar-refractivity contribution in [3.63, 3.8) is 0 Å². The topological polar surface area (TPSA) is 43.4 Å². The predicted molar refractivity (Wildman–Crippen MR) is 45.6 cm³/mol. The molecule has 0 aromatic rings. The molecule has 68 valence electrons. The minimum atomic E-state index is -0.493. The second-order valence-electron chi connectivity index (χ2n) is 2.92. The molecule has 3 heteroatoms. The van der Waals surface area contributed by atoms with Crippen molar-refractivity contribution in [1.82, 2.24) is 0 Å². The Kier molecular flexibility index (Phi) is 5.00. The molecule has 0 aromatic heterocycles. The van der Waals surface area contributed by atoms with E-state index in [1.165, 1.54) is 13.2 Å². The van der Waals surface area contributed by atoms with Crippen LogP contribution in [0.15, 0.2) is 12.2 Å². The van der Waals surface area contributed by atoms with Crippen molar-refractivity contribution < 1.29 is 14.3 Å². The molecule has 0 heterocycles. The number of hydrogen-bond donors (Lipinski definition) is 0. The van der Waals surface area contributed by atoms with Gasteiger partial charge in [-0.2, -0.15) is 0 Å². The van der Waals surface area contributed by atoms with Gasteiger partial charge in [-0.15, -0.1) is 0 Å². The average molecular weight is 170 g/mol. The molecule has 0 aliphatic rings. The van der Waals surface area contributed by atoms with Gasteiger partial charge in [0.2, 0.25) is 0 Å². The van der Waals surface area contributed by atoms with Crippen molar-refractivity contribution >= 4 is 11.8 Å². The Labute approximate surface area is 72.4 Å². The summed E-state index contributed by atoms with van der Waals surface area (Å²) in [6.07, 6.45) is 2.87. The predicted octanol–water partition coefficient (Wildman–Crippen LogP) is 1.33. The fourth-order valence-electron chi connectivity index (χ4n) is 0.699. The van der Waals surface area contributed by atoms with Crippen molar-refractivity contribution in [2.24, 2.45) is 5.92 Å². The molecular weight excluding hydrogens is 156 g/mol. The van der Waals surface area contributed by atoms with E-state index >= 15 is 0 Å². The first-order valence-corrected chi connectivity index (χ1v) is 3.85. The maximum Gasteiger partial charge on any atom is 0.330 e. The zero-order valence-corrected chi connectivity index (χ0v) is 7.66. The second-order valence-corrected chi connectivity index (χ2v) is 2.92. The number of rotatable bonds is 4. The fourth-order valence-corrected chi connectivity index (χ4v) is 0.699.